The molecule has 108 valence electrons. The van der Waals surface area contributed by atoms with Gasteiger partial charge in [-0.15, -0.1) is 0 Å². The summed E-state index contributed by atoms with van der Waals surface area (Å²) >= 11 is 0. The van der Waals surface area contributed by atoms with Crippen molar-refractivity contribution in [3.8, 4) is 0 Å². The molecule has 2 N–H and O–H groups in total. The minimum Gasteiger partial charge on any atom is -0.389 e. The van der Waals surface area contributed by atoms with Crippen molar-refractivity contribution < 1.29 is 13.5 Å². The molecule has 0 fully saturated rings. The molecule has 5 heteroatoms. The Kier molecular flexibility index (Phi) is 5.52. The number of rotatable bonds is 7. The van der Waals surface area contributed by atoms with Crippen LogP contribution in [0.3, 0.4) is 0 Å². The van der Waals surface area contributed by atoms with Crippen molar-refractivity contribution in [1.82, 2.24) is 4.72 Å². The van der Waals surface area contributed by atoms with Crippen LogP contribution in [-0.2, 0) is 15.8 Å². The van der Waals surface area contributed by atoms with E-state index in [0.29, 0.717) is 0 Å². The maximum Gasteiger partial charge on any atom is 0.215 e. The highest BCUT2D eigenvalue weighted by atomic mass is 32.2. The van der Waals surface area contributed by atoms with Crippen molar-refractivity contribution in [3.05, 3.63) is 35.9 Å². The molecule has 19 heavy (non-hydrogen) atoms. The van der Waals surface area contributed by atoms with Crippen LogP contribution in [0.15, 0.2) is 30.3 Å². The Hall–Kier alpha value is -0.910. The zero-order valence-corrected chi connectivity index (χ0v) is 12.6. The van der Waals surface area contributed by atoms with E-state index in [1.807, 2.05) is 19.9 Å². The first-order valence-electron chi connectivity index (χ1n) is 6.50. The van der Waals surface area contributed by atoms with Crippen molar-refractivity contribution in [2.45, 2.75) is 38.5 Å². The summed E-state index contributed by atoms with van der Waals surface area (Å²) in [6.07, 6.45) is 0.799. The fraction of sp³-hybridized carbons (Fsp3) is 0.571. The molecule has 0 saturated heterocycles. The average molecular weight is 285 g/mol. The number of hydrogen-bond donors (Lipinski definition) is 2. The first-order valence-corrected chi connectivity index (χ1v) is 8.15. The third kappa shape index (κ3) is 5.30. The Bertz CT molecular complexity index is 483. The Balaban J connectivity index is 2.61. The molecule has 0 aliphatic rings. The molecular formula is C14H23NO3S. The van der Waals surface area contributed by atoms with E-state index in [-0.39, 0.29) is 18.2 Å². The second-order valence-electron chi connectivity index (χ2n) is 5.23. The fourth-order valence-corrected chi connectivity index (χ4v) is 2.96. The van der Waals surface area contributed by atoms with Crippen LogP contribution >= 0.6 is 0 Å². The van der Waals surface area contributed by atoms with E-state index in [4.69, 9.17) is 0 Å². The monoisotopic (exact) mass is 285 g/mol. The molecule has 0 bridgehead atoms. The quantitative estimate of drug-likeness (QED) is 0.804. The maximum absolute atomic E-state index is 11.9. The van der Waals surface area contributed by atoms with Crippen LogP contribution in [0.1, 0.15) is 32.8 Å². The molecule has 0 saturated carbocycles. The second-order valence-corrected chi connectivity index (χ2v) is 7.04. The summed E-state index contributed by atoms with van der Waals surface area (Å²) in [4.78, 5) is 0. The fourth-order valence-electron chi connectivity index (χ4n) is 1.71. The van der Waals surface area contributed by atoms with E-state index in [9.17, 15) is 13.5 Å². The number of hydrogen-bond acceptors (Lipinski definition) is 3. The van der Waals surface area contributed by atoms with Crippen molar-refractivity contribution in [2.75, 3.05) is 6.54 Å². The standard InChI is InChI=1S/C14H23NO3S/c1-4-12(2)14(3,16)11-15-19(17,18)10-13-8-6-5-7-9-13/h5-9,12,15-16H,4,10-11H2,1-3H3. The van der Waals surface area contributed by atoms with E-state index in [0.717, 1.165) is 12.0 Å². The summed E-state index contributed by atoms with van der Waals surface area (Å²) in [6, 6.07) is 9.00. The van der Waals surface area contributed by atoms with Gasteiger partial charge in [0.25, 0.3) is 0 Å². The third-order valence-electron chi connectivity index (χ3n) is 3.52. The van der Waals surface area contributed by atoms with Crippen LogP contribution < -0.4 is 4.72 Å². The van der Waals surface area contributed by atoms with Gasteiger partial charge in [0.2, 0.25) is 10.0 Å². The van der Waals surface area contributed by atoms with Crippen LogP contribution in [0.25, 0.3) is 0 Å². The first-order chi connectivity index (χ1) is 8.77. The zero-order valence-electron chi connectivity index (χ0n) is 11.8. The van der Waals surface area contributed by atoms with Gasteiger partial charge in [-0.25, -0.2) is 13.1 Å². The van der Waals surface area contributed by atoms with E-state index >= 15 is 0 Å². The van der Waals surface area contributed by atoms with Crippen LogP contribution in [0, 0.1) is 5.92 Å². The smallest absolute Gasteiger partial charge is 0.215 e. The Morgan fingerprint density at radius 1 is 1.32 bits per heavy atom. The molecule has 2 unspecified atom stereocenters. The molecule has 0 spiro atoms. The highest BCUT2D eigenvalue weighted by molar-refractivity contribution is 7.88. The van der Waals surface area contributed by atoms with Crippen LogP contribution in [-0.4, -0.2) is 25.7 Å². The van der Waals surface area contributed by atoms with Crippen molar-refractivity contribution in [1.29, 1.82) is 0 Å². The molecule has 1 rings (SSSR count). The number of sulfonamides is 1. The molecule has 0 aromatic heterocycles. The molecule has 1 aromatic rings. The number of aliphatic hydroxyl groups is 1. The van der Waals surface area contributed by atoms with Crippen molar-refractivity contribution >= 4 is 10.0 Å². The Morgan fingerprint density at radius 3 is 2.42 bits per heavy atom. The Labute approximate surface area is 115 Å². The number of benzene rings is 1. The van der Waals surface area contributed by atoms with E-state index < -0.39 is 15.6 Å². The second kappa shape index (κ2) is 6.50. The predicted octanol–water partition coefficient (Wildman–Crippen LogP) is 1.90. The molecule has 0 heterocycles. The van der Waals surface area contributed by atoms with Gasteiger partial charge < -0.3 is 5.11 Å². The third-order valence-corrected chi connectivity index (χ3v) is 4.82. The summed E-state index contributed by atoms with van der Waals surface area (Å²) in [6.45, 7) is 5.58. The van der Waals surface area contributed by atoms with Gasteiger partial charge in [-0.05, 0) is 18.4 Å². The molecule has 1 aromatic carbocycles. The summed E-state index contributed by atoms with van der Waals surface area (Å²) < 4.78 is 26.4. The summed E-state index contributed by atoms with van der Waals surface area (Å²) in [5.74, 6) is -0.0309. The van der Waals surface area contributed by atoms with Gasteiger partial charge in [-0.1, -0.05) is 50.6 Å². The number of nitrogens with one attached hydrogen (secondary N) is 1. The van der Waals surface area contributed by atoms with E-state index in [1.165, 1.54) is 0 Å². The van der Waals surface area contributed by atoms with Crippen LogP contribution in [0.4, 0.5) is 0 Å². The molecule has 2 atom stereocenters. The minimum atomic E-state index is -3.42. The van der Waals surface area contributed by atoms with Gasteiger partial charge >= 0.3 is 0 Å². The van der Waals surface area contributed by atoms with Gasteiger partial charge in [0.05, 0.1) is 11.4 Å². The maximum atomic E-state index is 11.9. The minimum absolute atomic E-state index is 0.0342. The lowest BCUT2D eigenvalue weighted by Gasteiger charge is -2.29. The molecular weight excluding hydrogens is 262 g/mol. The lowest BCUT2D eigenvalue weighted by Crippen LogP contribution is -2.45. The highest BCUT2D eigenvalue weighted by Crippen LogP contribution is 2.19. The zero-order chi connectivity index (χ0) is 14.5. The lowest BCUT2D eigenvalue weighted by atomic mass is 9.89. The normalized spacial score (nSPS) is 16.8. The van der Waals surface area contributed by atoms with Gasteiger partial charge in [0.1, 0.15) is 0 Å². The summed E-state index contributed by atoms with van der Waals surface area (Å²) in [5, 5.41) is 10.2. The largest absolute Gasteiger partial charge is 0.389 e. The van der Waals surface area contributed by atoms with Gasteiger partial charge in [0, 0.05) is 6.54 Å². The first kappa shape index (κ1) is 16.1. The van der Waals surface area contributed by atoms with Crippen LogP contribution in [0.2, 0.25) is 0 Å². The van der Waals surface area contributed by atoms with Gasteiger partial charge in [0.15, 0.2) is 0 Å². The Morgan fingerprint density at radius 2 is 1.89 bits per heavy atom. The molecule has 0 aliphatic heterocycles. The molecule has 0 amide bonds. The highest BCUT2D eigenvalue weighted by Gasteiger charge is 2.28. The topological polar surface area (TPSA) is 66.4 Å². The molecule has 0 radical (unpaired) electrons. The van der Waals surface area contributed by atoms with Crippen molar-refractivity contribution in [2.24, 2.45) is 5.92 Å². The SMILES string of the molecule is CCC(C)C(C)(O)CNS(=O)(=O)Cc1ccccc1. The molecule has 4 nitrogen and oxygen atoms in total. The van der Waals surface area contributed by atoms with E-state index in [1.54, 1.807) is 31.2 Å². The van der Waals surface area contributed by atoms with Gasteiger partial charge in [-0.2, -0.15) is 0 Å². The van der Waals surface area contributed by atoms with E-state index in [2.05, 4.69) is 4.72 Å². The van der Waals surface area contributed by atoms with Gasteiger partial charge in [-0.3, -0.25) is 0 Å². The predicted molar refractivity (Wildman–Crippen MR) is 77.1 cm³/mol. The van der Waals surface area contributed by atoms with Crippen LogP contribution in [0.5, 0.6) is 0 Å². The lowest BCUT2D eigenvalue weighted by molar-refractivity contribution is 0.0102. The summed E-state index contributed by atoms with van der Waals surface area (Å²) in [7, 11) is -3.42. The van der Waals surface area contributed by atoms with Crippen molar-refractivity contribution in [3.63, 3.8) is 0 Å². The molecule has 0 aliphatic carbocycles. The average Bonchev–Trinajstić information content (AvgIpc) is 2.36. The summed E-state index contributed by atoms with van der Waals surface area (Å²) in [5.41, 5.74) is -0.295.